The smallest absolute Gasteiger partial charge is 0.408 e. The second kappa shape index (κ2) is 10.2. The van der Waals surface area contributed by atoms with Crippen molar-refractivity contribution < 1.29 is 29.3 Å². The van der Waals surface area contributed by atoms with Crippen LogP contribution in [0, 0.1) is 0 Å². The van der Waals surface area contributed by atoms with Crippen LogP contribution in [0.1, 0.15) is 24.8 Å². The number of alkyl carbamates (subject to hydrolysis) is 1. The van der Waals surface area contributed by atoms with Crippen LogP contribution in [0.4, 0.5) is 4.79 Å². The molecule has 1 amide bonds. The number of carbonyl (C=O) groups is 3. The first kappa shape index (κ1) is 19.4. The summed E-state index contributed by atoms with van der Waals surface area (Å²) in [6.07, 6.45) is -0.410. The van der Waals surface area contributed by atoms with Gasteiger partial charge >= 0.3 is 18.0 Å². The summed E-state index contributed by atoms with van der Waals surface area (Å²) < 4.78 is 4.96. The van der Waals surface area contributed by atoms with Crippen LogP contribution in [0.3, 0.4) is 0 Å². The van der Waals surface area contributed by atoms with E-state index >= 15 is 0 Å². The molecular formula is C15H21N3O6. The van der Waals surface area contributed by atoms with Crippen LogP contribution in [-0.2, 0) is 20.9 Å². The molecule has 2 atom stereocenters. The van der Waals surface area contributed by atoms with Gasteiger partial charge in [0.15, 0.2) is 0 Å². The molecule has 9 heteroatoms. The molecule has 0 aliphatic heterocycles. The standard InChI is InChI=1S/C15H21N3O6/c16-18-12(14(21)22)8-4-7-11(13(19)20)17-15(23)24-9-10-5-2-1-3-6-10/h1-3,5-6,11-12,18H,4,7-9,16H2,(H,17,23)(H,19,20)(H,21,22). The third-order valence-corrected chi connectivity index (χ3v) is 3.29. The van der Waals surface area contributed by atoms with E-state index in [9.17, 15) is 14.4 Å². The molecule has 2 unspecified atom stereocenters. The van der Waals surface area contributed by atoms with Crippen molar-refractivity contribution in [1.29, 1.82) is 0 Å². The number of benzene rings is 1. The van der Waals surface area contributed by atoms with Crippen molar-refractivity contribution in [3.8, 4) is 0 Å². The Kier molecular flexibility index (Phi) is 8.23. The molecule has 6 N–H and O–H groups in total. The Morgan fingerprint density at radius 3 is 2.17 bits per heavy atom. The largest absolute Gasteiger partial charge is 0.480 e. The number of nitrogens with one attached hydrogen (secondary N) is 2. The number of rotatable bonds is 10. The number of ether oxygens (including phenoxy) is 1. The van der Waals surface area contributed by atoms with Crippen molar-refractivity contribution in [2.45, 2.75) is 38.0 Å². The van der Waals surface area contributed by atoms with E-state index in [1.54, 1.807) is 24.3 Å². The van der Waals surface area contributed by atoms with Crippen molar-refractivity contribution in [3.63, 3.8) is 0 Å². The van der Waals surface area contributed by atoms with Crippen molar-refractivity contribution in [2.24, 2.45) is 5.84 Å². The maximum atomic E-state index is 11.7. The van der Waals surface area contributed by atoms with E-state index in [2.05, 4.69) is 10.7 Å². The minimum absolute atomic E-state index is 0.0250. The number of carboxylic acid groups (broad SMARTS) is 2. The van der Waals surface area contributed by atoms with Crippen LogP contribution >= 0.6 is 0 Å². The van der Waals surface area contributed by atoms with E-state index in [1.165, 1.54) is 0 Å². The summed E-state index contributed by atoms with van der Waals surface area (Å²) in [5.41, 5.74) is 2.90. The number of aliphatic carboxylic acids is 2. The fraction of sp³-hybridized carbons (Fsp3) is 0.400. The first-order valence-corrected chi connectivity index (χ1v) is 7.33. The fourth-order valence-electron chi connectivity index (χ4n) is 1.97. The van der Waals surface area contributed by atoms with Gasteiger partial charge in [0.2, 0.25) is 0 Å². The molecule has 0 spiro atoms. The third-order valence-electron chi connectivity index (χ3n) is 3.29. The molecule has 1 rings (SSSR count). The minimum Gasteiger partial charge on any atom is -0.480 e. The predicted octanol–water partition coefficient (Wildman–Crippen LogP) is 0.453. The van der Waals surface area contributed by atoms with E-state index < -0.39 is 30.1 Å². The van der Waals surface area contributed by atoms with Crippen LogP contribution in [0.2, 0.25) is 0 Å². The molecule has 0 saturated heterocycles. The molecule has 0 fully saturated rings. The number of hydrogen-bond acceptors (Lipinski definition) is 6. The highest BCUT2D eigenvalue weighted by molar-refractivity contribution is 5.79. The first-order chi connectivity index (χ1) is 11.4. The number of nitrogens with two attached hydrogens (primary N) is 1. The van der Waals surface area contributed by atoms with Crippen molar-refractivity contribution in [1.82, 2.24) is 10.7 Å². The minimum atomic E-state index is -1.22. The fourth-order valence-corrected chi connectivity index (χ4v) is 1.97. The van der Waals surface area contributed by atoms with Crippen LogP contribution in [0.15, 0.2) is 30.3 Å². The maximum absolute atomic E-state index is 11.7. The van der Waals surface area contributed by atoms with Crippen LogP contribution in [0.25, 0.3) is 0 Å². The van der Waals surface area contributed by atoms with Gasteiger partial charge in [0, 0.05) is 0 Å². The quantitative estimate of drug-likeness (QED) is 0.304. The zero-order chi connectivity index (χ0) is 17.9. The lowest BCUT2D eigenvalue weighted by atomic mass is 10.1. The Bertz CT molecular complexity index is 551. The van der Waals surface area contributed by atoms with E-state index in [-0.39, 0.29) is 25.9 Å². The summed E-state index contributed by atoms with van der Waals surface area (Å²) in [5, 5.41) is 20.2. The zero-order valence-electron chi connectivity index (χ0n) is 13.0. The van der Waals surface area contributed by atoms with Crippen molar-refractivity contribution >= 4 is 18.0 Å². The van der Waals surface area contributed by atoms with Gasteiger partial charge < -0.3 is 20.3 Å². The summed E-state index contributed by atoms with van der Waals surface area (Å²) in [6.45, 7) is 0.0250. The molecule has 0 aliphatic carbocycles. The van der Waals surface area contributed by atoms with Crippen LogP contribution < -0.4 is 16.6 Å². The Balaban J connectivity index is 2.40. The van der Waals surface area contributed by atoms with E-state index in [4.69, 9.17) is 20.8 Å². The van der Waals surface area contributed by atoms with Crippen molar-refractivity contribution in [2.75, 3.05) is 0 Å². The summed E-state index contributed by atoms with van der Waals surface area (Å²) >= 11 is 0. The summed E-state index contributed by atoms with van der Waals surface area (Å²) in [6, 6.07) is 6.82. The average molecular weight is 339 g/mol. The number of carboxylic acids is 2. The molecule has 132 valence electrons. The molecule has 0 heterocycles. The van der Waals surface area contributed by atoms with Gasteiger partial charge in [-0.1, -0.05) is 30.3 Å². The predicted molar refractivity (Wildman–Crippen MR) is 83.8 cm³/mol. The van der Waals surface area contributed by atoms with Gasteiger partial charge in [-0.15, -0.1) is 0 Å². The number of hydrazine groups is 1. The monoisotopic (exact) mass is 339 g/mol. The lowest BCUT2D eigenvalue weighted by Crippen LogP contribution is -2.43. The van der Waals surface area contributed by atoms with Gasteiger partial charge in [-0.2, -0.15) is 0 Å². The highest BCUT2D eigenvalue weighted by Crippen LogP contribution is 2.06. The van der Waals surface area contributed by atoms with E-state index in [0.717, 1.165) is 5.56 Å². The normalized spacial score (nSPS) is 12.9. The molecule has 0 aliphatic rings. The van der Waals surface area contributed by atoms with E-state index in [0.29, 0.717) is 0 Å². The third kappa shape index (κ3) is 7.07. The van der Waals surface area contributed by atoms with Crippen LogP contribution in [0.5, 0.6) is 0 Å². The zero-order valence-corrected chi connectivity index (χ0v) is 13.0. The van der Waals surface area contributed by atoms with Gasteiger partial charge in [0.1, 0.15) is 18.7 Å². The highest BCUT2D eigenvalue weighted by Gasteiger charge is 2.22. The topological polar surface area (TPSA) is 151 Å². The number of amides is 1. The molecule has 24 heavy (non-hydrogen) atoms. The molecule has 9 nitrogen and oxygen atoms in total. The van der Waals surface area contributed by atoms with Crippen molar-refractivity contribution in [3.05, 3.63) is 35.9 Å². The molecular weight excluding hydrogens is 318 g/mol. The lowest BCUT2D eigenvalue weighted by Gasteiger charge is -2.16. The van der Waals surface area contributed by atoms with Gasteiger partial charge in [0.05, 0.1) is 0 Å². The molecule has 0 radical (unpaired) electrons. The second-order valence-corrected chi connectivity index (χ2v) is 5.09. The summed E-state index contributed by atoms with van der Waals surface area (Å²) in [5.74, 6) is 2.74. The first-order valence-electron chi connectivity index (χ1n) is 7.33. The molecule has 0 aromatic heterocycles. The van der Waals surface area contributed by atoms with Gasteiger partial charge in [-0.3, -0.25) is 10.6 Å². The molecule has 1 aromatic rings. The summed E-state index contributed by atoms with van der Waals surface area (Å²) in [4.78, 5) is 33.6. The van der Waals surface area contributed by atoms with Gasteiger partial charge in [0.25, 0.3) is 0 Å². The summed E-state index contributed by atoms with van der Waals surface area (Å²) in [7, 11) is 0. The maximum Gasteiger partial charge on any atom is 0.408 e. The second-order valence-electron chi connectivity index (χ2n) is 5.09. The number of carbonyl (C=O) groups excluding carboxylic acids is 1. The Morgan fingerprint density at radius 1 is 1.04 bits per heavy atom. The number of hydrogen-bond donors (Lipinski definition) is 5. The molecule has 0 bridgehead atoms. The Hall–Kier alpha value is -2.65. The average Bonchev–Trinajstić information content (AvgIpc) is 2.56. The van der Waals surface area contributed by atoms with Gasteiger partial charge in [-0.25, -0.2) is 15.0 Å². The molecule has 1 aromatic carbocycles. The van der Waals surface area contributed by atoms with E-state index in [1.807, 2.05) is 6.07 Å². The van der Waals surface area contributed by atoms with Crippen LogP contribution in [-0.4, -0.2) is 40.3 Å². The lowest BCUT2D eigenvalue weighted by molar-refractivity contribution is -0.139. The molecule has 0 saturated carbocycles. The Labute approximate surface area is 138 Å². The Morgan fingerprint density at radius 2 is 1.62 bits per heavy atom. The SMILES string of the molecule is NNC(CCCC(NC(=O)OCc1ccccc1)C(=O)O)C(=O)O. The van der Waals surface area contributed by atoms with Gasteiger partial charge in [-0.05, 0) is 24.8 Å². The highest BCUT2D eigenvalue weighted by atomic mass is 16.5.